The summed E-state index contributed by atoms with van der Waals surface area (Å²) in [5.74, 6) is -0.821. The highest BCUT2D eigenvalue weighted by molar-refractivity contribution is 7.92. The molecule has 5 atom stereocenters. The fraction of sp³-hybridized carbons (Fsp3) is 0.375. The molecule has 2 saturated heterocycles. The van der Waals surface area contributed by atoms with Gasteiger partial charge in [0.1, 0.15) is 23.5 Å². The molecule has 3 N–H and O–H groups in total. The first-order valence-corrected chi connectivity index (χ1v) is 16.2. The van der Waals surface area contributed by atoms with E-state index < -0.39 is 57.3 Å². The normalized spacial score (nSPS) is 20.3. The number of carbonyl (C=O) groups excluding carboxylic acids is 2. The lowest BCUT2D eigenvalue weighted by Crippen LogP contribution is -2.56. The summed E-state index contributed by atoms with van der Waals surface area (Å²) in [6.07, 6.45) is -1.33. The summed E-state index contributed by atoms with van der Waals surface area (Å²) < 4.78 is 57.7. The summed E-state index contributed by atoms with van der Waals surface area (Å²) in [5.41, 5.74) is 0.962. The Hall–Kier alpha value is -4.04. The van der Waals surface area contributed by atoms with Crippen molar-refractivity contribution in [2.24, 2.45) is 0 Å². The molecule has 0 aromatic heterocycles. The van der Waals surface area contributed by atoms with Crippen molar-refractivity contribution in [3.8, 4) is 5.75 Å². The predicted molar refractivity (Wildman–Crippen MR) is 163 cm³/mol. The van der Waals surface area contributed by atoms with Gasteiger partial charge in [0.05, 0.1) is 35.9 Å². The fourth-order valence-electron chi connectivity index (χ4n) is 5.54. The van der Waals surface area contributed by atoms with Crippen LogP contribution in [-0.4, -0.2) is 82.1 Å². The maximum Gasteiger partial charge on any atom is 0.415 e. The summed E-state index contributed by atoms with van der Waals surface area (Å²) in [6.45, 7) is -0.0671. The summed E-state index contributed by atoms with van der Waals surface area (Å²) in [7, 11) is -2.54. The first kappa shape index (κ1) is 32.4. The van der Waals surface area contributed by atoms with Crippen molar-refractivity contribution in [2.45, 2.75) is 53.8 Å². The topological polar surface area (TPSA) is 144 Å². The molecule has 45 heavy (non-hydrogen) atoms. The average Bonchev–Trinajstić information content (AvgIpc) is 3.71. The second-order valence-electron chi connectivity index (χ2n) is 10.9. The van der Waals surface area contributed by atoms with Crippen molar-refractivity contribution >= 4 is 27.5 Å². The molecule has 2 heterocycles. The monoisotopic (exact) mass is 641 g/mol. The maximum absolute atomic E-state index is 13.9. The number of sulfone groups is 1. The molecule has 3 aromatic rings. The van der Waals surface area contributed by atoms with Gasteiger partial charge in [-0.1, -0.05) is 42.5 Å². The van der Waals surface area contributed by atoms with Crippen LogP contribution in [-0.2, 0) is 30.5 Å². The van der Waals surface area contributed by atoms with Gasteiger partial charge >= 0.3 is 6.09 Å². The minimum Gasteiger partial charge on any atom is -0.497 e. The van der Waals surface area contributed by atoms with Crippen LogP contribution in [0.5, 0.6) is 5.75 Å². The molecule has 2 unspecified atom stereocenters. The van der Waals surface area contributed by atoms with E-state index >= 15 is 0 Å². The Balaban J connectivity index is 1.36. The number of benzene rings is 3. The molecule has 0 bridgehead atoms. The Morgan fingerprint density at radius 2 is 1.89 bits per heavy atom. The highest BCUT2D eigenvalue weighted by Crippen LogP contribution is 2.27. The minimum absolute atomic E-state index is 0.0434. The molecule has 3 aromatic carbocycles. The third-order valence-electron chi connectivity index (χ3n) is 7.89. The average molecular weight is 642 g/mol. The van der Waals surface area contributed by atoms with Crippen LogP contribution in [0.4, 0.5) is 14.9 Å². The molecular formula is C32H36FN3O8S. The molecule has 0 aliphatic carbocycles. The quantitative estimate of drug-likeness (QED) is 0.257. The van der Waals surface area contributed by atoms with Gasteiger partial charge < -0.3 is 24.6 Å². The number of aliphatic hydroxyl groups excluding tert-OH is 1. The third kappa shape index (κ3) is 7.61. The van der Waals surface area contributed by atoms with Crippen LogP contribution in [0.25, 0.3) is 0 Å². The largest absolute Gasteiger partial charge is 0.497 e. The lowest BCUT2D eigenvalue weighted by Gasteiger charge is -2.30. The number of aliphatic hydroxyl groups is 1. The van der Waals surface area contributed by atoms with Crippen molar-refractivity contribution in [3.05, 3.63) is 90.2 Å². The summed E-state index contributed by atoms with van der Waals surface area (Å²) in [4.78, 5) is 27.2. The molecule has 2 aliphatic rings. The lowest BCUT2D eigenvalue weighted by atomic mass is 10.0. The zero-order valence-electron chi connectivity index (χ0n) is 24.7. The van der Waals surface area contributed by atoms with Gasteiger partial charge in [-0.15, -0.1) is 0 Å². The van der Waals surface area contributed by atoms with E-state index in [1.54, 1.807) is 12.1 Å². The number of hydrogen-bond donors (Lipinski definition) is 3. The van der Waals surface area contributed by atoms with Crippen LogP contribution >= 0.6 is 0 Å². The van der Waals surface area contributed by atoms with Crippen LogP contribution in [0, 0.1) is 5.82 Å². The number of carbonyl (C=O) groups is 2. The molecule has 11 nitrogen and oxygen atoms in total. The number of nitrogens with zero attached hydrogens (tertiary/aromatic N) is 1. The van der Waals surface area contributed by atoms with Gasteiger partial charge in [-0.05, 0) is 61.2 Å². The van der Waals surface area contributed by atoms with E-state index in [1.165, 1.54) is 37.4 Å². The van der Waals surface area contributed by atoms with Crippen LogP contribution < -0.4 is 20.3 Å². The smallest absolute Gasteiger partial charge is 0.415 e. The van der Waals surface area contributed by atoms with E-state index in [-0.39, 0.29) is 30.2 Å². The summed E-state index contributed by atoms with van der Waals surface area (Å²) >= 11 is 0. The Bertz CT molecular complexity index is 1590. The van der Waals surface area contributed by atoms with Gasteiger partial charge in [0.2, 0.25) is 5.91 Å². The van der Waals surface area contributed by atoms with Crippen molar-refractivity contribution in [1.29, 1.82) is 0 Å². The third-order valence-corrected chi connectivity index (χ3v) is 9.94. The summed E-state index contributed by atoms with van der Waals surface area (Å²) in [5, 5.41) is 16.1. The van der Waals surface area contributed by atoms with E-state index in [4.69, 9.17) is 14.2 Å². The second kappa shape index (κ2) is 14.4. The minimum atomic E-state index is -3.99. The number of methoxy groups -OCH3 is 1. The number of cyclic esters (lactones) is 1. The first-order chi connectivity index (χ1) is 21.7. The Morgan fingerprint density at radius 1 is 1.11 bits per heavy atom. The molecule has 5 rings (SSSR count). The molecule has 2 amide bonds. The number of amides is 2. The van der Waals surface area contributed by atoms with Gasteiger partial charge in [0.15, 0.2) is 15.9 Å². The zero-order chi connectivity index (χ0) is 32.0. The van der Waals surface area contributed by atoms with Gasteiger partial charge in [0, 0.05) is 13.2 Å². The second-order valence-corrected chi connectivity index (χ2v) is 13.0. The van der Waals surface area contributed by atoms with Crippen molar-refractivity contribution < 1.29 is 41.7 Å². The molecule has 2 aliphatic heterocycles. The van der Waals surface area contributed by atoms with E-state index in [0.717, 1.165) is 16.5 Å². The SMILES string of the molecule is COc1cccc(S(=O)(=O)C(NC[C@@H](O)[C@H](Cc2ccccc2)NC(=O)C2COC(=O)N2c2cccc(F)c2)[C@H]2CCCO2)c1. The maximum atomic E-state index is 13.9. The van der Waals surface area contributed by atoms with Crippen LogP contribution in [0.2, 0.25) is 0 Å². The Labute approximate surface area is 261 Å². The molecular weight excluding hydrogens is 605 g/mol. The van der Waals surface area contributed by atoms with Crippen LogP contribution in [0.3, 0.4) is 0 Å². The number of halogens is 1. The van der Waals surface area contributed by atoms with E-state index in [0.29, 0.717) is 25.2 Å². The number of anilines is 1. The highest BCUT2D eigenvalue weighted by atomic mass is 32.2. The molecule has 240 valence electrons. The van der Waals surface area contributed by atoms with Crippen LogP contribution in [0.1, 0.15) is 18.4 Å². The molecule has 13 heteroatoms. The van der Waals surface area contributed by atoms with Gasteiger partial charge in [-0.2, -0.15) is 0 Å². The van der Waals surface area contributed by atoms with Crippen molar-refractivity contribution in [2.75, 3.05) is 31.8 Å². The van der Waals surface area contributed by atoms with Crippen LogP contribution in [0.15, 0.2) is 83.8 Å². The summed E-state index contributed by atoms with van der Waals surface area (Å²) in [6, 6.07) is 18.5. The van der Waals surface area contributed by atoms with Crippen molar-refractivity contribution in [3.63, 3.8) is 0 Å². The lowest BCUT2D eigenvalue weighted by molar-refractivity contribution is -0.123. The molecule has 2 fully saturated rings. The molecule has 0 saturated carbocycles. The zero-order valence-corrected chi connectivity index (χ0v) is 25.5. The van der Waals surface area contributed by atoms with E-state index in [2.05, 4.69) is 10.6 Å². The first-order valence-electron chi connectivity index (χ1n) is 14.6. The standard InChI is InChI=1S/C32H36FN3O8S/c1-42-24-12-6-13-25(18-24)45(40,41)31(29-14-7-15-43-29)34-19-28(37)26(16-21-8-3-2-4-9-21)35-30(38)27-20-44-32(39)36(27)23-11-5-10-22(33)17-23/h2-6,8-13,17-18,26-29,31,34,37H,7,14-16,19-20H2,1H3,(H,35,38)/t26-,27?,28+,29+,31?/m0/s1. The Morgan fingerprint density at radius 3 is 2.60 bits per heavy atom. The number of hydrogen-bond acceptors (Lipinski definition) is 9. The highest BCUT2D eigenvalue weighted by Gasteiger charge is 2.41. The fourth-order valence-corrected chi connectivity index (χ4v) is 7.31. The number of nitrogens with one attached hydrogen (secondary N) is 2. The van der Waals surface area contributed by atoms with E-state index in [9.17, 15) is 27.5 Å². The molecule has 0 radical (unpaired) electrons. The van der Waals surface area contributed by atoms with E-state index in [1.807, 2.05) is 30.3 Å². The molecule has 0 spiro atoms. The van der Waals surface area contributed by atoms with Gasteiger partial charge in [0.25, 0.3) is 0 Å². The number of ether oxygens (including phenoxy) is 3. The predicted octanol–water partition coefficient (Wildman–Crippen LogP) is 2.82. The van der Waals surface area contributed by atoms with Gasteiger partial charge in [-0.3, -0.25) is 15.0 Å². The van der Waals surface area contributed by atoms with Gasteiger partial charge in [-0.25, -0.2) is 17.6 Å². The number of rotatable bonds is 13. The Kier molecular flexibility index (Phi) is 10.3. The van der Waals surface area contributed by atoms with Crippen molar-refractivity contribution in [1.82, 2.24) is 10.6 Å².